The molecule has 0 aromatic heterocycles. The number of hydrogen-bond donors (Lipinski definition) is 0. The van der Waals surface area contributed by atoms with Gasteiger partial charge in [0.05, 0.1) is 0 Å². The van der Waals surface area contributed by atoms with E-state index >= 15 is 0 Å². The average Bonchev–Trinajstić information content (AvgIpc) is 3.06. The molecule has 0 amide bonds. The van der Waals surface area contributed by atoms with Gasteiger partial charge in [-0.1, -0.05) is 59.3 Å². The second-order valence-corrected chi connectivity index (χ2v) is 12.3. The number of carbonyl (C=O) groups is 1. The Morgan fingerprint density at radius 2 is 1.77 bits per heavy atom. The van der Waals surface area contributed by atoms with Crippen LogP contribution in [0.2, 0.25) is 0 Å². The van der Waals surface area contributed by atoms with Gasteiger partial charge >= 0.3 is 0 Å². The first-order valence-corrected chi connectivity index (χ1v) is 13.1. The molecule has 0 saturated heterocycles. The first kappa shape index (κ1) is 22.3. The molecule has 0 N–H and O–H groups in total. The van der Waals surface area contributed by atoms with Gasteiger partial charge in [0.25, 0.3) is 0 Å². The number of fused-ring (bicyclic) bond motifs is 5. The van der Waals surface area contributed by atoms with Crippen molar-refractivity contribution in [1.29, 1.82) is 0 Å². The second-order valence-electron chi connectivity index (χ2n) is 12.3. The van der Waals surface area contributed by atoms with Gasteiger partial charge in [0.2, 0.25) is 0 Å². The van der Waals surface area contributed by atoms with E-state index < -0.39 is 0 Å². The molecule has 8 atom stereocenters. The maximum absolute atomic E-state index is 12.1. The molecule has 1 nitrogen and oxygen atoms in total. The number of hydrogen-bond acceptors (Lipinski definition) is 1. The highest BCUT2D eigenvalue weighted by Gasteiger charge is 2.59. The van der Waals surface area contributed by atoms with E-state index in [-0.39, 0.29) is 0 Å². The highest BCUT2D eigenvalue weighted by Crippen LogP contribution is 2.67. The van der Waals surface area contributed by atoms with Crippen molar-refractivity contribution in [2.75, 3.05) is 0 Å². The van der Waals surface area contributed by atoms with Gasteiger partial charge < -0.3 is 0 Å². The highest BCUT2D eigenvalue weighted by molar-refractivity contribution is 5.91. The fraction of sp³-hybridized carbons (Fsp3) is 0.828. The summed E-state index contributed by atoms with van der Waals surface area (Å²) in [6.45, 7) is 14.7. The summed E-state index contributed by atoms with van der Waals surface area (Å²) in [4.78, 5) is 12.1. The molecule has 0 aromatic rings. The van der Waals surface area contributed by atoms with Crippen molar-refractivity contribution in [3.63, 3.8) is 0 Å². The Labute approximate surface area is 186 Å². The monoisotopic (exact) mass is 410 g/mol. The zero-order valence-corrected chi connectivity index (χ0v) is 20.5. The van der Waals surface area contributed by atoms with Gasteiger partial charge in [-0.15, -0.1) is 0 Å². The second kappa shape index (κ2) is 8.25. The molecule has 4 rings (SSSR count). The molecule has 0 heterocycles. The maximum Gasteiger partial charge on any atom is 0.155 e. The lowest BCUT2D eigenvalue weighted by atomic mass is 9.46. The summed E-state index contributed by atoms with van der Waals surface area (Å²) in [5.41, 5.74) is 2.34. The Morgan fingerprint density at radius 1 is 1.00 bits per heavy atom. The highest BCUT2D eigenvalue weighted by atomic mass is 16.1. The molecule has 4 aliphatic rings. The van der Waals surface area contributed by atoms with Crippen LogP contribution in [0.15, 0.2) is 23.8 Å². The standard InChI is InChI=1S/C29H46O/c1-7-21(19(2)3)9-8-20(4)25-12-13-26-24-11-10-22-18-23(30)14-16-28(22,5)27(24)15-17-29(25,26)6/h8-9,18-21,24-27H,7,10-17H2,1-6H3/b9-8+/t20-,21+,24+,25+,26-,27+,28-,29+/m0/s1. The summed E-state index contributed by atoms with van der Waals surface area (Å²) >= 11 is 0. The Bertz CT molecular complexity index is 714. The van der Waals surface area contributed by atoms with Crippen molar-refractivity contribution in [2.45, 2.75) is 99.3 Å². The van der Waals surface area contributed by atoms with E-state index in [0.29, 0.717) is 22.5 Å². The van der Waals surface area contributed by atoms with E-state index in [0.717, 1.165) is 48.3 Å². The molecule has 3 saturated carbocycles. The Hall–Kier alpha value is -0.850. The Morgan fingerprint density at radius 3 is 2.47 bits per heavy atom. The van der Waals surface area contributed by atoms with Crippen molar-refractivity contribution >= 4 is 5.78 Å². The van der Waals surface area contributed by atoms with Crippen LogP contribution in [-0.4, -0.2) is 5.78 Å². The zero-order chi connectivity index (χ0) is 21.7. The SMILES string of the molecule is CC[C@H](/C=C/[C@H](C)[C@H]1CC[C@H]2[C@H]3CCC4=CC(=O)CC[C@]4(C)[C@@H]3CC[C@]12C)C(C)C. The van der Waals surface area contributed by atoms with Gasteiger partial charge in [-0.25, -0.2) is 0 Å². The van der Waals surface area contributed by atoms with Crippen molar-refractivity contribution < 1.29 is 4.79 Å². The summed E-state index contributed by atoms with van der Waals surface area (Å²) in [5.74, 6) is 6.01. The van der Waals surface area contributed by atoms with E-state index in [9.17, 15) is 4.79 Å². The van der Waals surface area contributed by atoms with Crippen molar-refractivity contribution in [2.24, 2.45) is 52.3 Å². The molecular formula is C29H46O. The average molecular weight is 411 g/mol. The van der Waals surface area contributed by atoms with Crippen LogP contribution < -0.4 is 0 Å². The Kier molecular flexibility index (Phi) is 6.15. The summed E-state index contributed by atoms with van der Waals surface area (Å²) in [7, 11) is 0. The smallest absolute Gasteiger partial charge is 0.155 e. The maximum atomic E-state index is 12.1. The van der Waals surface area contributed by atoms with Crippen LogP contribution in [0.4, 0.5) is 0 Å². The van der Waals surface area contributed by atoms with Gasteiger partial charge in [-0.3, -0.25) is 4.79 Å². The molecule has 4 aliphatic carbocycles. The normalized spacial score (nSPS) is 43.2. The lowest BCUT2D eigenvalue weighted by Crippen LogP contribution is -2.50. The first-order chi connectivity index (χ1) is 14.2. The molecular weight excluding hydrogens is 364 g/mol. The quantitative estimate of drug-likeness (QED) is 0.419. The molecule has 0 radical (unpaired) electrons. The predicted molar refractivity (Wildman–Crippen MR) is 127 cm³/mol. The molecule has 168 valence electrons. The van der Waals surface area contributed by atoms with Gasteiger partial charge in [0.1, 0.15) is 0 Å². The summed E-state index contributed by atoms with van der Waals surface area (Å²) in [5, 5.41) is 0. The van der Waals surface area contributed by atoms with Crippen LogP contribution in [0.1, 0.15) is 99.3 Å². The first-order valence-electron chi connectivity index (χ1n) is 13.1. The lowest BCUT2D eigenvalue weighted by Gasteiger charge is -2.58. The van der Waals surface area contributed by atoms with Gasteiger partial charge in [0, 0.05) is 6.42 Å². The third-order valence-corrected chi connectivity index (χ3v) is 10.7. The molecule has 0 spiro atoms. The van der Waals surface area contributed by atoms with E-state index in [1.807, 2.05) is 0 Å². The third kappa shape index (κ3) is 3.57. The molecule has 30 heavy (non-hydrogen) atoms. The molecule has 0 aromatic carbocycles. The predicted octanol–water partition coefficient (Wildman–Crippen LogP) is 8.01. The minimum absolute atomic E-state index is 0.313. The Balaban J connectivity index is 1.52. The van der Waals surface area contributed by atoms with Gasteiger partial charge in [-0.05, 0) is 110 Å². The van der Waals surface area contributed by atoms with Gasteiger partial charge in [0.15, 0.2) is 5.78 Å². The van der Waals surface area contributed by atoms with Crippen molar-refractivity contribution in [1.82, 2.24) is 0 Å². The van der Waals surface area contributed by atoms with E-state index in [2.05, 4.69) is 59.8 Å². The van der Waals surface area contributed by atoms with Crippen LogP contribution in [0.5, 0.6) is 0 Å². The van der Waals surface area contributed by atoms with E-state index in [1.165, 1.54) is 50.5 Å². The number of carbonyl (C=O) groups excluding carboxylic acids is 1. The largest absolute Gasteiger partial charge is 0.295 e. The zero-order valence-electron chi connectivity index (χ0n) is 20.5. The minimum atomic E-state index is 0.313. The minimum Gasteiger partial charge on any atom is -0.295 e. The molecule has 3 fully saturated rings. The lowest BCUT2D eigenvalue weighted by molar-refractivity contribution is -0.117. The van der Waals surface area contributed by atoms with E-state index in [1.54, 1.807) is 0 Å². The summed E-state index contributed by atoms with van der Waals surface area (Å²) in [6, 6.07) is 0. The van der Waals surface area contributed by atoms with Crippen LogP contribution in [0, 0.1) is 52.3 Å². The summed E-state index contributed by atoms with van der Waals surface area (Å²) in [6.07, 6.45) is 18.5. The number of rotatable bonds is 5. The third-order valence-electron chi connectivity index (χ3n) is 10.7. The number of ketones is 1. The van der Waals surface area contributed by atoms with Gasteiger partial charge in [-0.2, -0.15) is 0 Å². The fourth-order valence-corrected chi connectivity index (χ4v) is 8.75. The van der Waals surface area contributed by atoms with Crippen LogP contribution in [-0.2, 0) is 4.79 Å². The number of allylic oxidation sites excluding steroid dienone is 3. The van der Waals surface area contributed by atoms with Crippen molar-refractivity contribution in [3.8, 4) is 0 Å². The van der Waals surface area contributed by atoms with Crippen LogP contribution >= 0.6 is 0 Å². The molecule has 1 heteroatoms. The topological polar surface area (TPSA) is 17.1 Å². The molecule has 0 bridgehead atoms. The van der Waals surface area contributed by atoms with Crippen LogP contribution in [0.25, 0.3) is 0 Å². The fourth-order valence-electron chi connectivity index (χ4n) is 8.75. The summed E-state index contributed by atoms with van der Waals surface area (Å²) < 4.78 is 0. The molecule has 0 unspecified atom stereocenters. The van der Waals surface area contributed by atoms with E-state index in [4.69, 9.17) is 0 Å². The van der Waals surface area contributed by atoms with Crippen molar-refractivity contribution in [3.05, 3.63) is 23.8 Å². The van der Waals surface area contributed by atoms with Crippen LogP contribution in [0.3, 0.4) is 0 Å². The molecule has 0 aliphatic heterocycles.